The van der Waals surface area contributed by atoms with Gasteiger partial charge in [0.15, 0.2) is 0 Å². The summed E-state index contributed by atoms with van der Waals surface area (Å²) in [7, 11) is 0. The minimum Gasteiger partial charge on any atom is -0.444 e. The van der Waals surface area contributed by atoms with Crippen LogP contribution in [0.25, 0.3) is 0 Å². The number of hydrogen-bond acceptors (Lipinski definition) is 3. The molecule has 0 bridgehead atoms. The van der Waals surface area contributed by atoms with Crippen LogP contribution in [0.1, 0.15) is 54.4 Å². The average Bonchev–Trinajstić information content (AvgIpc) is 2.24. The van der Waals surface area contributed by atoms with Gasteiger partial charge in [0.1, 0.15) is 5.60 Å². The fourth-order valence-corrected chi connectivity index (χ4v) is 2.50. The lowest BCUT2D eigenvalue weighted by molar-refractivity contribution is 0.0124. The van der Waals surface area contributed by atoms with E-state index in [0.717, 1.165) is 19.4 Å². The lowest BCUT2D eigenvalue weighted by Crippen LogP contribution is -2.51. The van der Waals surface area contributed by atoms with E-state index >= 15 is 0 Å². The maximum Gasteiger partial charge on any atom is 0.410 e. The number of hydrogen-bond donors (Lipinski definition) is 1. The van der Waals surface area contributed by atoms with Gasteiger partial charge in [-0.15, -0.1) is 0 Å². The summed E-state index contributed by atoms with van der Waals surface area (Å²) >= 11 is 0. The van der Waals surface area contributed by atoms with E-state index in [1.54, 1.807) is 0 Å². The van der Waals surface area contributed by atoms with Crippen molar-refractivity contribution in [3.63, 3.8) is 0 Å². The number of ether oxygens (including phenoxy) is 1. The first-order valence-corrected chi connectivity index (χ1v) is 7.24. The Hall–Kier alpha value is -0.770. The highest BCUT2D eigenvalue weighted by atomic mass is 16.6. The minimum atomic E-state index is -0.434. The highest BCUT2D eigenvalue weighted by Gasteiger charge is 2.34. The van der Waals surface area contributed by atoms with Gasteiger partial charge in [-0.25, -0.2) is 4.79 Å². The first-order valence-electron chi connectivity index (χ1n) is 7.24. The molecule has 1 saturated heterocycles. The molecule has 4 heteroatoms. The van der Waals surface area contributed by atoms with Crippen LogP contribution >= 0.6 is 0 Å². The normalized spacial score (nSPS) is 23.1. The number of carbonyl (C=O) groups is 1. The lowest BCUT2D eigenvalue weighted by atomic mass is 9.76. The van der Waals surface area contributed by atoms with E-state index in [2.05, 4.69) is 20.8 Å². The molecular weight excluding hydrogens is 240 g/mol. The van der Waals surface area contributed by atoms with Crippen molar-refractivity contribution in [1.29, 1.82) is 0 Å². The molecule has 2 atom stereocenters. The van der Waals surface area contributed by atoms with Crippen LogP contribution in [0.3, 0.4) is 0 Å². The number of carbonyl (C=O) groups excluding carboxylic acids is 1. The molecule has 1 aliphatic rings. The second-order valence-electron chi connectivity index (χ2n) is 7.72. The molecule has 112 valence electrons. The zero-order chi connectivity index (χ0) is 14.8. The summed E-state index contributed by atoms with van der Waals surface area (Å²) < 4.78 is 5.44. The average molecular weight is 270 g/mol. The molecule has 1 amide bonds. The lowest BCUT2D eigenvalue weighted by Gasteiger charge is -2.40. The van der Waals surface area contributed by atoms with Crippen molar-refractivity contribution in [1.82, 2.24) is 4.90 Å². The number of amides is 1. The zero-order valence-electron chi connectivity index (χ0n) is 13.3. The Kier molecular flexibility index (Phi) is 4.88. The maximum atomic E-state index is 12.1. The molecule has 4 nitrogen and oxygen atoms in total. The van der Waals surface area contributed by atoms with Gasteiger partial charge in [0, 0.05) is 19.1 Å². The third kappa shape index (κ3) is 5.01. The van der Waals surface area contributed by atoms with Crippen LogP contribution in [0, 0.1) is 11.3 Å². The third-order valence-electron chi connectivity index (χ3n) is 3.62. The van der Waals surface area contributed by atoms with Crippen LogP contribution in [0.5, 0.6) is 0 Å². The number of nitrogens with two attached hydrogens (primary N) is 1. The monoisotopic (exact) mass is 270 g/mol. The van der Waals surface area contributed by atoms with Gasteiger partial charge in [0.05, 0.1) is 0 Å². The third-order valence-corrected chi connectivity index (χ3v) is 3.62. The van der Waals surface area contributed by atoms with E-state index < -0.39 is 5.60 Å². The maximum absolute atomic E-state index is 12.1. The van der Waals surface area contributed by atoms with Crippen molar-refractivity contribution in [2.45, 2.75) is 66.0 Å². The van der Waals surface area contributed by atoms with Gasteiger partial charge >= 0.3 is 6.09 Å². The molecule has 1 rings (SSSR count). The SMILES string of the molecule is CC(C)(C)OC(=O)N1CCC[C@@H]([C@@H](N)C(C)(C)C)C1. The molecule has 0 saturated carbocycles. The van der Waals surface area contributed by atoms with Crippen LogP contribution in [-0.2, 0) is 4.74 Å². The first-order chi connectivity index (χ1) is 8.50. The van der Waals surface area contributed by atoms with Crippen molar-refractivity contribution in [3.8, 4) is 0 Å². The van der Waals surface area contributed by atoms with E-state index in [1.807, 2.05) is 25.7 Å². The first kappa shape index (κ1) is 16.3. The van der Waals surface area contributed by atoms with Gasteiger partial charge in [0.25, 0.3) is 0 Å². The Morgan fingerprint density at radius 2 is 1.84 bits per heavy atom. The molecule has 2 N–H and O–H groups in total. The molecule has 19 heavy (non-hydrogen) atoms. The largest absolute Gasteiger partial charge is 0.444 e. The second-order valence-corrected chi connectivity index (χ2v) is 7.72. The fraction of sp³-hybridized carbons (Fsp3) is 0.933. The topological polar surface area (TPSA) is 55.6 Å². The molecule has 0 aromatic rings. The van der Waals surface area contributed by atoms with Gasteiger partial charge in [0.2, 0.25) is 0 Å². The van der Waals surface area contributed by atoms with E-state index in [-0.39, 0.29) is 17.6 Å². The standard InChI is InChI=1S/C15H30N2O2/c1-14(2,3)12(16)11-8-7-9-17(10-11)13(18)19-15(4,5)6/h11-12H,7-10,16H2,1-6H3/t11-,12-/m1/s1. The summed E-state index contributed by atoms with van der Waals surface area (Å²) in [5.74, 6) is 0.362. The van der Waals surface area contributed by atoms with Gasteiger partial charge in [-0.1, -0.05) is 20.8 Å². The molecule has 0 aliphatic carbocycles. The van der Waals surface area contributed by atoms with E-state index in [4.69, 9.17) is 10.5 Å². The van der Waals surface area contributed by atoms with Crippen molar-refractivity contribution < 1.29 is 9.53 Å². The van der Waals surface area contributed by atoms with Crippen molar-refractivity contribution in [3.05, 3.63) is 0 Å². The summed E-state index contributed by atoms with van der Waals surface area (Å²) in [5.41, 5.74) is 5.97. The Morgan fingerprint density at radius 1 is 1.26 bits per heavy atom. The number of nitrogens with zero attached hydrogens (tertiary/aromatic N) is 1. The van der Waals surface area contributed by atoms with Gasteiger partial charge in [-0.2, -0.15) is 0 Å². The van der Waals surface area contributed by atoms with Crippen LogP contribution in [0.15, 0.2) is 0 Å². The van der Waals surface area contributed by atoms with Crippen molar-refractivity contribution >= 4 is 6.09 Å². The molecular formula is C15H30N2O2. The Balaban J connectivity index is 2.62. The predicted molar refractivity (Wildman–Crippen MR) is 78.0 cm³/mol. The molecule has 0 spiro atoms. The summed E-state index contributed by atoms with van der Waals surface area (Å²) in [6.45, 7) is 13.7. The number of rotatable bonds is 1. The zero-order valence-corrected chi connectivity index (χ0v) is 13.3. The number of likely N-dealkylation sites (tertiary alicyclic amines) is 1. The predicted octanol–water partition coefficient (Wildman–Crippen LogP) is 3.01. The van der Waals surface area contributed by atoms with Crippen LogP contribution in [-0.4, -0.2) is 35.7 Å². The molecule has 1 fully saturated rings. The Morgan fingerprint density at radius 3 is 2.32 bits per heavy atom. The van der Waals surface area contributed by atoms with Crippen LogP contribution in [0.2, 0.25) is 0 Å². The van der Waals surface area contributed by atoms with Crippen molar-refractivity contribution in [2.75, 3.05) is 13.1 Å². The second kappa shape index (κ2) is 5.70. The smallest absolute Gasteiger partial charge is 0.410 e. The molecule has 0 unspecified atom stereocenters. The van der Waals surface area contributed by atoms with Gasteiger partial charge in [-0.3, -0.25) is 0 Å². The van der Waals surface area contributed by atoms with E-state index in [1.165, 1.54) is 0 Å². The summed E-state index contributed by atoms with van der Waals surface area (Å²) in [6, 6.07) is 0.109. The molecule has 0 radical (unpaired) electrons. The molecule has 1 heterocycles. The molecule has 0 aromatic heterocycles. The van der Waals surface area contributed by atoms with Gasteiger partial charge < -0.3 is 15.4 Å². The minimum absolute atomic E-state index is 0.0710. The summed E-state index contributed by atoms with van der Waals surface area (Å²) in [4.78, 5) is 13.9. The van der Waals surface area contributed by atoms with Crippen molar-refractivity contribution in [2.24, 2.45) is 17.1 Å². The fourth-order valence-electron chi connectivity index (χ4n) is 2.50. The van der Waals surface area contributed by atoms with E-state index in [0.29, 0.717) is 12.5 Å². The Labute approximate surface area is 117 Å². The number of piperidine rings is 1. The van der Waals surface area contributed by atoms with E-state index in [9.17, 15) is 4.79 Å². The quantitative estimate of drug-likeness (QED) is 0.797. The van der Waals surface area contributed by atoms with Crippen LogP contribution < -0.4 is 5.73 Å². The molecule has 1 aliphatic heterocycles. The van der Waals surface area contributed by atoms with Gasteiger partial charge in [-0.05, 0) is 44.9 Å². The highest BCUT2D eigenvalue weighted by Crippen LogP contribution is 2.29. The highest BCUT2D eigenvalue weighted by molar-refractivity contribution is 5.68. The summed E-state index contributed by atoms with van der Waals surface area (Å²) in [6.07, 6.45) is 1.89. The van der Waals surface area contributed by atoms with Crippen LogP contribution in [0.4, 0.5) is 4.79 Å². The summed E-state index contributed by atoms with van der Waals surface area (Å²) in [5, 5.41) is 0. The molecule has 0 aromatic carbocycles. The Bertz CT molecular complexity index is 315.